The second-order valence-corrected chi connectivity index (χ2v) is 5.90. The lowest BCUT2D eigenvalue weighted by molar-refractivity contribution is 0.0100. The zero-order valence-electron chi connectivity index (χ0n) is 11.6. The van der Waals surface area contributed by atoms with Crippen LogP contribution in [0.3, 0.4) is 0 Å². The quantitative estimate of drug-likeness (QED) is 0.916. The van der Waals surface area contributed by atoms with Crippen LogP contribution in [0.2, 0.25) is 0 Å². The van der Waals surface area contributed by atoms with E-state index in [2.05, 4.69) is 34.1 Å². The van der Waals surface area contributed by atoms with E-state index in [0.717, 1.165) is 28.8 Å². The minimum absolute atomic E-state index is 0.0258. The molecule has 3 nitrogen and oxygen atoms in total. The average Bonchev–Trinajstić information content (AvgIpc) is 2.53. The zero-order chi connectivity index (χ0) is 14.7. The van der Waals surface area contributed by atoms with Gasteiger partial charge in [0.2, 0.25) is 0 Å². The van der Waals surface area contributed by atoms with Gasteiger partial charge in [-0.15, -0.1) is 0 Å². The van der Waals surface area contributed by atoms with Crippen molar-refractivity contribution in [1.82, 2.24) is 0 Å². The van der Waals surface area contributed by atoms with Crippen LogP contribution in [-0.2, 0) is 17.8 Å². The predicted octanol–water partition coefficient (Wildman–Crippen LogP) is 3.63. The Balaban J connectivity index is 1.71. The molecule has 1 heterocycles. The number of benzene rings is 2. The summed E-state index contributed by atoms with van der Waals surface area (Å²) in [5, 5.41) is 9.11. The molecule has 0 amide bonds. The molecule has 1 unspecified atom stereocenters. The Morgan fingerprint density at radius 1 is 1.24 bits per heavy atom. The smallest absolute Gasteiger partial charge is 0.133 e. The molecule has 3 rings (SSSR count). The van der Waals surface area contributed by atoms with Crippen molar-refractivity contribution in [2.24, 2.45) is 0 Å². The van der Waals surface area contributed by atoms with Gasteiger partial charge in [-0.3, -0.25) is 0 Å². The Labute approximate surface area is 132 Å². The first-order valence-electron chi connectivity index (χ1n) is 6.99. The molecule has 0 fully saturated rings. The van der Waals surface area contributed by atoms with E-state index in [1.54, 1.807) is 0 Å². The third-order valence-corrected chi connectivity index (χ3v) is 4.28. The highest BCUT2D eigenvalue weighted by Crippen LogP contribution is 2.30. The summed E-state index contributed by atoms with van der Waals surface area (Å²) in [6.07, 6.45) is 0.932. The van der Waals surface area contributed by atoms with Gasteiger partial charge in [0.05, 0.1) is 17.7 Å². The van der Waals surface area contributed by atoms with E-state index in [1.165, 1.54) is 11.1 Å². The lowest BCUT2D eigenvalue weighted by atomic mass is 9.98. The Morgan fingerprint density at radius 3 is 2.90 bits per heavy atom. The number of aliphatic hydroxyl groups is 1. The average molecular weight is 349 g/mol. The Morgan fingerprint density at radius 2 is 2.10 bits per heavy atom. The molecule has 1 aliphatic heterocycles. The summed E-state index contributed by atoms with van der Waals surface area (Å²) in [5.74, 6) is 0.763. The molecule has 0 saturated carbocycles. The summed E-state index contributed by atoms with van der Waals surface area (Å²) >= 11 is 3.47. The van der Waals surface area contributed by atoms with Crippen molar-refractivity contribution in [1.29, 1.82) is 0 Å². The van der Waals surface area contributed by atoms with Crippen LogP contribution < -0.4 is 4.74 Å². The lowest BCUT2D eigenvalue weighted by Crippen LogP contribution is -2.21. The highest BCUT2D eigenvalue weighted by molar-refractivity contribution is 9.10. The first-order valence-corrected chi connectivity index (χ1v) is 7.78. The molecule has 0 radical (unpaired) electrons. The summed E-state index contributed by atoms with van der Waals surface area (Å²) < 4.78 is 12.6. The van der Waals surface area contributed by atoms with E-state index in [-0.39, 0.29) is 12.7 Å². The monoisotopic (exact) mass is 348 g/mol. The van der Waals surface area contributed by atoms with Crippen molar-refractivity contribution in [3.63, 3.8) is 0 Å². The number of ether oxygens (including phenoxy) is 2. The van der Waals surface area contributed by atoms with Gasteiger partial charge in [0.1, 0.15) is 18.5 Å². The van der Waals surface area contributed by atoms with Crippen molar-refractivity contribution in [3.8, 4) is 5.75 Å². The van der Waals surface area contributed by atoms with Crippen LogP contribution in [0.1, 0.15) is 22.8 Å². The van der Waals surface area contributed by atoms with Crippen LogP contribution in [0.25, 0.3) is 0 Å². The zero-order valence-corrected chi connectivity index (χ0v) is 13.2. The summed E-state index contributed by atoms with van der Waals surface area (Å²) in [5.41, 5.74) is 3.41. The third kappa shape index (κ3) is 3.28. The number of rotatable bonds is 4. The summed E-state index contributed by atoms with van der Waals surface area (Å²) in [6, 6.07) is 13.9. The molecule has 0 bridgehead atoms. The fraction of sp³-hybridized carbons (Fsp3) is 0.294. The molecule has 0 saturated heterocycles. The maximum atomic E-state index is 9.11. The van der Waals surface area contributed by atoms with Crippen LogP contribution in [0.5, 0.6) is 5.75 Å². The number of aliphatic hydroxyl groups excluding tert-OH is 1. The standard InChI is InChI=1S/C17H17BrO3/c18-15-9-12(10-19)5-6-16(15)21-11-17-14-4-2-1-3-13(14)7-8-20-17/h1-6,9,17,19H,7-8,10-11H2. The van der Waals surface area contributed by atoms with Gasteiger partial charge in [-0.2, -0.15) is 0 Å². The van der Waals surface area contributed by atoms with Crippen molar-refractivity contribution >= 4 is 15.9 Å². The first kappa shape index (κ1) is 14.6. The molecule has 1 atom stereocenters. The van der Waals surface area contributed by atoms with Crippen molar-refractivity contribution < 1.29 is 14.6 Å². The molecule has 4 heteroatoms. The number of hydrogen-bond acceptors (Lipinski definition) is 3. The van der Waals surface area contributed by atoms with E-state index >= 15 is 0 Å². The SMILES string of the molecule is OCc1ccc(OCC2OCCc3ccccc32)c(Br)c1. The van der Waals surface area contributed by atoms with Gasteiger partial charge in [-0.1, -0.05) is 30.3 Å². The lowest BCUT2D eigenvalue weighted by Gasteiger charge is -2.26. The van der Waals surface area contributed by atoms with Crippen LogP contribution in [0.4, 0.5) is 0 Å². The molecule has 21 heavy (non-hydrogen) atoms. The number of halogens is 1. The minimum Gasteiger partial charge on any atom is -0.489 e. The van der Waals surface area contributed by atoms with Crippen LogP contribution >= 0.6 is 15.9 Å². The van der Waals surface area contributed by atoms with Gasteiger partial charge < -0.3 is 14.6 Å². The van der Waals surface area contributed by atoms with Crippen LogP contribution in [0.15, 0.2) is 46.9 Å². The van der Waals surface area contributed by atoms with Crippen molar-refractivity contribution in [2.75, 3.05) is 13.2 Å². The van der Waals surface area contributed by atoms with E-state index in [1.807, 2.05) is 24.3 Å². The Hall–Kier alpha value is -1.36. The van der Waals surface area contributed by atoms with Crippen LogP contribution in [-0.4, -0.2) is 18.3 Å². The van der Waals surface area contributed by atoms with Gasteiger partial charge in [0.15, 0.2) is 0 Å². The van der Waals surface area contributed by atoms with E-state index in [0.29, 0.717) is 6.61 Å². The van der Waals surface area contributed by atoms with Crippen molar-refractivity contribution in [2.45, 2.75) is 19.1 Å². The fourth-order valence-corrected chi connectivity index (χ4v) is 3.08. The molecule has 0 aliphatic carbocycles. The van der Waals surface area contributed by atoms with Gasteiger partial charge in [-0.25, -0.2) is 0 Å². The molecular formula is C17H17BrO3. The van der Waals surface area contributed by atoms with Gasteiger partial charge in [0, 0.05) is 0 Å². The second kappa shape index (κ2) is 6.60. The van der Waals surface area contributed by atoms with Gasteiger partial charge in [0.25, 0.3) is 0 Å². The molecule has 2 aromatic rings. The molecule has 1 aliphatic rings. The topological polar surface area (TPSA) is 38.7 Å². The fourth-order valence-electron chi connectivity index (χ4n) is 2.54. The number of fused-ring (bicyclic) bond motifs is 1. The second-order valence-electron chi connectivity index (χ2n) is 5.04. The maximum Gasteiger partial charge on any atom is 0.133 e. The molecule has 2 aromatic carbocycles. The first-order chi connectivity index (χ1) is 10.3. The Kier molecular flexibility index (Phi) is 4.58. The highest BCUT2D eigenvalue weighted by atomic mass is 79.9. The molecule has 110 valence electrons. The van der Waals surface area contributed by atoms with Crippen LogP contribution in [0, 0.1) is 0 Å². The molecule has 0 spiro atoms. The highest BCUT2D eigenvalue weighted by Gasteiger charge is 2.21. The van der Waals surface area contributed by atoms with Crippen molar-refractivity contribution in [3.05, 3.63) is 63.6 Å². The maximum absolute atomic E-state index is 9.11. The van der Waals surface area contributed by atoms with Gasteiger partial charge >= 0.3 is 0 Å². The predicted molar refractivity (Wildman–Crippen MR) is 84.4 cm³/mol. The summed E-state index contributed by atoms with van der Waals surface area (Å²) in [4.78, 5) is 0. The summed E-state index contributed by atoms with van der Waals surface area (Å²) in [6.45, 7) is 1.24. The van der Waals surface area contributed by atoms with Gasteiger partial charge in [-0.05, 0) is 51.2 Å². The third-order valence-electron chi connectivity index (χ3n) is 3.66. The van der Waals surface area contributed by atoms with E-state index in [4.69, 9.17) is 14.6 Å². The largest absolute Gasteiger partial charge is 0.489 e. The number of hydrogen-bond donors (Lipinski definition) is 1. The molecular weight excluding hydrogens is 332 g/mol. The Bertz CT molecular complexity index is 627. The summed E-state index contributed by atoms with van der Waals surface area (Å²) in [7, 11) is 0. The van der Waals surface area contributed by atoms with E-state index in [9.17, 15) is 0 Å². The minimum atomic E-state index is -0.0284. The molecule has 1 N–H and O–H groups in total. The van der Waals surface area contributed by atoms with E-state index < -0.39 is 0 Å². The molecule has 0 aromatic heterocycles. The normalized spacial score (nSPS) is 17.3.